The molecule has 1 aliphatic heterocycles. The molecule has 5 nitrogen and oxygen atoms in total. The van der Waals surface area contributed by atoms with Gasteiger partial charge in [0, 0.05) is 13.1 Å². The lowest BCUT2D eigenvalue weighted by atomic mass is 9.86. The fraction of sp³-hybridized carbons (Fsp3) is 0.714. The van der Waals surface area contributed by atoms with E-state index in [-0.39, 0.29) is 5.91 Å². The van der Waals surface area contributed by atoms with E-state index in [0.717, 1.165) is 38.0 Å². The maximum atomic E-state index is 12.2. The molecule has 2 N–H and O–H groups in total. The molecule has 1 aromatic heterocycles. The molecule has 2 rings (SSSR count). The molecule has 19 heavy (non-hydrogen) atoms. The van der Waals surface area contributed by atoms with Crippen LogP contribution in [0.4, 0.5) is 0 Å². The summed E-state index contributed by atoms with van der Waals surface area (Å²) < 4.78 is 0. The third kappa shape index (κ3) is 3.80. The summed E-state index contributed by atoms with van der Waals surface area (Å²) in [7, 11) is 0. The van der Waals surface area contributed by atoms with Gasteiger partial charge >= 0.3 is 0 Å². The molecular formula is C14H23N3O2. The van der Waals surface area contributed by atoms with Crippen molar-refractivity contribution in [3.63, 3.8) is 0 Å². The highest BCUT2D eigenvalue weighted by atomic mass is 16.3. The van der Waals surface area contributed by atoms with Crippen molar-refractivity contribution in [1.29, 1.82) is 0 Å². The summed E-state index contributed by atoms with van der Waals surface area (Å²) in [4.78, 5) is 14.1. The van der Waals surface area contributed by atoms with E-state index >= 15 is 0 Å². The van der Waals surface area contributed by atoms with Gasteiger partial charge < -0.3 is 10.0 Å². The summed E-state index contributed by atoms with van der Waals surface area (Å²) >= 11 is 0. The van der Waals surface area contributed by atoms with Crippen LogP contribution in [0.15, 0.2) is 6.07 Å². The number of carbonyl (C=O) groups excluding carboxylic acids is 1. The van der Waals surface area contributed by atoms with E-state index in [1.165, 1.54) is 0 Å². The van der Waals surface area contributed by atoms with E-state index in [4.69, 9.17) is 0 Å². The predicted molar refractivity (Wildman–Crippen MR) is 72.9 cm³/mol. The summed E-state index contributed by atoms with van der Waals surface area (Å²) in [5, 5.41) is 16.6. The first-order chi connectivity index (χ1) is 8.85. The number of H-pyrrole nitrogens is 1. The number of aromatic nitrogens is 2. The number of aryl methyl sites for hydroxylation is 1. The Labute approximate surface area is 114 Å². The molecule has 0 saturated carbocycles. The number of hydrogen-bond acceptors (Lipinski definition) is 3. The van der Waals surface area contributed by atoms with Crippen LogP contribution in [0.25, 0.3) is 0 Å². The number of hydrogen-bond donors (Lipinski definition) is 2. The Morgan fingerprint density at radius 1 is 1.53 bits per heavy atom. The van der Waals surface area contributed by atoms with E-state index in [0.29, 0.717) is 11.6 Å². The molecule has 0 spiro atoms. The van der Waals surface area contributed by atoms with E-state index in [2.05, 4.69) is 10.2 Å². The molecule has 0 aromatic carbocycles. The van der Waals surface area contributed by atoms with E-state index in [1.54, 1.807) is 6.07 Å². The van der Waals surface area contributed by atoms with Crippen LogP contribution >= 0.6 is 0 Å². The molecule has 1 fully saturated rings. The first-order valence-electron chi connectivity index (χ1n) is 6.89. The monoisotopic (exact) mass is 265 g/mol. The fourth-order valence-corrected chi connectivity index (χ4v) is 2.75. The normalized spacial score (nSPS) is 17.8. The van der Waals surface area contributed by atoms with Crippen molar-refractivity contribution in [2.24, 2.45) is 5.92 Å². The minimum absolute atomic E-state index is 0.0299. The van der Waals surface area contributed by atoms with Crippen molar-refractivity contribution in [3.8, 4) is 0 Å². The van der Waals surface area contributed by atoms with E-state index in [1.807, 2.05) is 25.7 Å². The molecule has 0 aliphatic carbocycles. The minimum Gasteiger partial charge on any atom is -0.390 e. The van der Waals surface area contributed by atoms with Crippen LogP contribution in [-0.4, -0.2) is 44.8 Å². The van der Waals surface area contributed by atoms with Gasteiger partial charge in [0.2, 0.25) is 0 Å². The molecule has 1 saturated heterocycles. The zero-order valence-corrected chi connectivity index (χ0v) is 11.9. The highest BCUT2D eigenvalue weighted by molar-refractivity contribution is 5.92. The Hall–Kier alpha value is -1.36. The predicted octanol–water partition coefficient (Wildman–Crippen LogP) is 1.73. The topological polar surface area (TPSA) is 69.2 Å². The van der Waals surface area contributed by atoms with Crippen molar-refractivity contribution < 1.29 is 9.90 Å². The Balaban J connectivity index is 1.88. The third-order valence-electron chi connectivity index (χ3n) is 3.63. The number of nitrogens with one attached hydrogen (secondary N) is 1. The number of amides is 1. The number of aliphatic hydroxyl groups is 1. The average molecular weight is 265 g/mol. The quantitative estimate of drug-likeness (QED) is 0.874. The highest BCUT2D eigenvalue weighted by Gasteiger charge is 2.27. The van der Waals surface area contributed by atoms with Gasteiger partial charge in [-0.25, -0.2) is 0 Å². The summed E-state index contributed by atoms with van der Waals surface area (Å²) in [5.74, 6) is 0.537. The van der Waals surface area contributed by atoms with Gasteiger partial charge in [-0.15, -0.1) is 0 Å². The van der Waals surface area contributed by atoms with Gasteiger partial charge in [-0.2, -0.15) is 5.10 Å². The Morgan fingerprint density at radius 3 is 2.63 bits per heavy atom. The van der Waals surface area contributed by atoms with Crippen molar-refractivity contribution >= 4 is 5.91 Å². The summed E-state index contributed by atoms with van der Waals surface area (Å²) in [6, 6.07) is 1.78. The van der Waals surface area contributed by atoms with Gasteiger partial charge in [0.1, 0.15) is 5.69 Å². The molecule has 0 radical (unpaired) electrons. The molecule has 5 heteroatoms. The first kappa shape index (κ1) is 14.1. The van der Waals surface area contributed by atoms with Crippen molar-refractivity contribution in [2.75, 3.05) is 13.1 Å². The molecular weight excluding hydrogens is 242 g/mol. The van der Waals surface area contributed by atoms with Gasteiger partial charge in [0.15, 0.2) is 0 Å². The molecule has 1 amide bonds. The highest BCUT2D eigenvalue weighted by Crippen LogP contribution is 2.26. The van der Waals surface area contributed by atoms with Crippen LogP contribution in [0.2, 0.25) is 0 Å². The number of piperidine rings is 1. The number of rotatable bonds is 3. The fourth-order valence-electron chi connectivity index (χ4n) is 2.75. The lowest BCUT2D eigenvalue weighted by Gasteiger charge is -2.34. The zero-order valence-electron chi connectivity index (χ0n) is 11.9. The van der Waals surface area contributed by atoms with Crippen molar-refractivity contribution in [2.45, 2.75) is 45.6 Å². The van der Waals surface area contributed by atoms with Gasteiger partial charge in [-0.05, 0) is 52.0 Å². The van der Waals surface area contributed by atoms with Crippen molar-refractivity contribution in [1.82, 2.24) is 15.1 Å². The summed E-state index contributed by atoms with van der Waals surface area (Å²) in [6.07, 6.45) is 2.73. The SMILES string of the molecule is Cc1cc(C(=O)N2CCC(CC(C)(C)O)CC2)[nH]n1. The molecule has 2 heterocycles. The van der Waals surface area contributed by atoms with Gasteiger partial charge in [-0.3, -0.25) is 9.89 Å². The second-order valence-corrected chi connectivity index (χ2v) is 6.18. The number of likely N-dealkylation sites (tertiary alicyclic amines) is 1. The molecule has 1 aromatic rings. The van der Waals surface area contributed by atoms with E-state index < -0.39 is 5.60 Å². The molecule has 106 valence electrons. The van der Waals surface area contributed by atoms with Crippen LogP contribution in [0, 0.1) is 12.8 Å². The van der Waals surface area contributed by atoms with Crippen LogP contribution in [-0.2, 0) is 0 Å². The minimum atomic E-state index is -0.614. The number of nitrogens with zero attached hydrogens (tertiary/aromatic N) is 2. The smallest absolute Gasteiger partial charge is 0.271 e. The lowest BCUT2D eigenvalue weighted by Crippen LogP contribution is -2.40. The van der Waals surface area contributed by atoms with E-state index in [9.17, 15) is 9.90 Å². The second-order valence-electron chi connectivity index (χ2n) is 6.18. The standard InChI is InChI=1S/C14H23N3O2/c1-10-8-12(16-15-10)13(18)17-6-4-11(5-7-17)9-14(2,3)19/h8,11,19H,4-7,9H2,1-3H3,(H,15,16). The van der Waals surface area contributed by atoms with Crippen molar-refractivity contribution in [3.05, 3.63) is 17.5 Å². The zero-order chi connectivity index (χ0) is 14.0. The summed E-state index contributed by atoms with van der Waals surface area (Å²) in [5.41, 5.74) is 0.788. The number of carbonyl (C=O) groups is 1. The van der Waals surface area contributed by atoms with Crippen LogP contribution < -0.4 is 0 Å². The largest absolute Gasteiger partial charge is 0.390 e. The lowest BCUT2D eigenvalue weighted by molar-refractivity contribution is 0.0357. The van der Waals surface area contributed by atoms with Gasteiger partial charge in [-0.1, -0.05) is 0 Å². The van der Waals surface area contributed by atoms with Crippen LogP contribution in [0.1, 0.15) is 49.3 Å². The summed E-state index contributed by atoms with van der Waals surface area (Å²) in [6.45, 7) is 7.08. The molecule has 1 aliphatic rings. The second kappa shape index (κ2) is 5.33. The maximum absolute atomic E-state index is 12.2. The Morgan fingerprint density at radius 2 is 2.16 bits per heavy atom. The first-order valence-corrected chi connectivity index (χ1v) is 6.89. The maximum Gasteiger partial charge on any atom is 0.271 e. The molecule has 0 bridgehead atoms. The number of aromatic amines is 1. The van der Waals surface area contributed by atoms with Crippen LogP contribution in [0.3, 0.4) is 0 Å². The average Bonchev–Trinajstić information content (AvgIpc) is 2.74. The molecule has 0 atom stereocenters. The van der Waals surface area contributed by atoms with Gasteiger partial charge in [0.25, 0.3) is 5.91 Å². The van der Waals surface area contributed by atoms with Crippen LogP contribution in [0.5, 0.6) is 0 Å². The Bertz CT molecular complexity index is 440. The Kier molecular flexibility index (Phi) is 3.94. The van der Waals surface area contributed by atoms with Gasteiger partial charge in [0.05, 0.1) is 11.3 Å². The third-order valence-corrected chi connectivity index (χ3v) is 3.63. The molecule has 0 unspecified atom stereocenters.